The van der Waals surface area contributed by atoms with Crippen molar-refractivity contribution in [1.82, 2.24) is 19.6 Å². The molecule has 0 fully saturated rings. The van der Waals surface area contributed by atoms with Crippen LogP contribution in [0.2, 0.25) is 10.0 Å². The minimum Gasteiger partial charge on any atom is -0.470 e. The number of aryl methyl sites for hydroxylation is 1. The van der Waals surface area contributed by atoms with Crippen molar-refractivity contribution in [1.29, 1.82) is 0 Å². The smallest absolute Gasteiger partial charge is 0.261 e. The van der Waals surface area contributed by atoms with E-state index in [9.17, 15) is 0 Å². The topological polar surface area (TPSA) is 52.3 Å². The molecule has 4 aromatic rings. The van der Waals surface area contributed by atoms with Crippen LogP contribution in [0.25, 0.3) is 16.7 Å². The highest BCUT2D eigenvalue weighted by molar-refractivity contribution is 6.39. The number of hydrogen-bond donors (Lipinski definition) is 0. The van der Waals surface area contributed by atoms with Gasteiger partial charge in [-0.25, -0.2) is 4.98 Å². The summed E-state index contributed by atoms with van der Waals surface area (Å²) in [5.41, 5.74) is 3.93. The summed E-state index contributed by atoms with van der Waals surface area (Å²) in [6, 6.07) is 11.5. The van der Waals surface area contributed by atoms with E-state index < -0.39 is 0 Å². The third-order valence-corrected chi connectivity index (χ3v) is 4.31. The fraction of sp³-hybridized carbons (Fsp3) is 0.118. The van der Waals surface area contributed by atoms with E-state index in [1.807, 2.05) is 25.1 Å². The van der Waals surface area contributed by atoms with E-state index in [0.29, 0.717) is 39.2 Å². The lowest BCUT2D eigenvalue weighted by molar-refractivity contribution is 0.297. The zero-order valence-electron chi connectivity index (χ0n) is 12.7. The van der Waals surface area contributed by atoms with Gasteiger partial charge in [-0.3, -0.25) is 4.40 Å². The molecule has 0 N–H and O–H groups in total. The largest absolute Gasteiger partial charge is 0.470 e. The Balaban J connectivity index is 1.82. The zero-order valence-corrected chi connectivity index (χ0v) is 14.2. The number of ether oxygens (including phenoxy) is 1. The summed E-state index contributed by atoms with van der Waals surface area (Å²) in [7, 11) is 0. The molecule has 0 aliphatic carbocycles. The molecule has 0 bridgehead atoms. The molecule has 0 saturated heterocycles. The second-order valence-corrected chi connectivity index (χ2v) is 6.26. The molecule has 7 heteroatoms. The molecule has 4 rings (SSSR count). The van der Waals surface area contributed by atoms with E-state index in [1.54, 1.807) is 22.9 Å². The molecule has 5 nitrogen and oxygen atoms in total. The van der Waals surface area contributed by atoms with E-state index in [4.69, 9.17) is 27.9 Å². The van der Waals surface area contributed by atoms with Gasteiger partial charge in [0.2, 0.25) is 5.65 Å². The Bertz CT molecular complexity index is 1060. The number of hydrogen-bond acceptors (Lipinski definition) is 4. The third-order valence-electron chi connectivity index (χ3n) is 3.70. The first-order valence-corrected chi connectivity index (χ1v) is 8.05. The maximum absolute atomic E-state index is 6.29. The summed E-state index contributed by atoms with van der Waals surface area (Å²) < 4.78 is 7.62. The predicted octanol–water partition coefficient (Wildman–Crippen LogP) is 4.47. The summed E-state index contributed by atoms with van der Waals surface area (Å²) >= 11 is 12.6. The molecule has 0 aliphatic rings. The number of benzene rings is 2. The Labute approximate surface area is 147 Å². The molecule has 0 unspecified atom stereocenters. The molecule has 0 radical (unpaired) electrons. The molecular weight excluding hydrogens is 347 g/mol. The van der Waals surface area contributed by atoms with Gasteiger partial charge < -0.3 is 4.74 Å². The summed E-state index contributed by atoms with van der Waals surface area (Å²) in [6.07, 6.45) is 1.57. The van der Waals surface area contributed by atoms with Gasteiger partial charge in [0.05, 0.1) is 15.6 Å². The fourth-order valence-electron chi connectivity index (χ4n) is 2.61. The Morgan fingerprint density at radius 2 is 1.96 bits per heavy atom. The Morgan fingerprint density at radius 1 is 1.12 bits per heavy atom. The van der Waals surface area contributed by atoms with Crippen molar-refractivity contribution in [2.45, 2.75) is 13.5 Å². The van der Waals surface area contributed by atoms with Crippen LogP contribution in [0.4, 0.5) is 0 Å². The molecule has 0 saturated carbocycles. The van der Waals surface area contributed by atoms with Crippen LogP contribution in [-0.4, -0.2) is 19.6 Å². The quantitative estimate of drug-likeness (QED) is 0.542. The SMILES string of the molecule is Cc1cccc(COc2nc3c(Cl)ccc(Cl)c3n3cnnc23)c1. The number of halogens is 2. The Kier molecular flexibility index (Phi) is 3.75. The predicted molar refractivity (Wildman–Crippen MR) is 93.8 cm³/mol. The summed E-state index contributed by atoms with van der Waals surface area (Å²) in [4.78, 5) is 4.51. The zero-order chi connectivity index (χ0) is 16.7. The van der Waals surface area contributed by atoms with Crippen molar-refractivity contribution in [3.05, 3.63) is 63.9 Å². The number of rotatable bonds is 3. The van der Waals surface area contributed by atoms with Crippen molar-refractivity contribution < 1.29 is 4.74 Å². The van der Waals surface area contributed by atoms with Crippen LogP contribution in [0.1, 0.15) is 11.1 Å². The Morgan fingerprint density at radius 3 is 2.79 bits per heavy atom. The molecule has 2 aromatic heterocycles. The molecule has 0 atom stereocenters. The van der Waals surface area contributed by atoms with Crippen molar-refractivity contribution in [2.75, 3.05) is 0 Å². The van der Waals surface area contributed by atoms with E-state index >= 15 is 0 Å². The minimum absolute atomic E-state index is 0.366. The third kappa shape index (κ3) is 2.56. The summed E-state index contributed by atoms with van der Waals surface area (Å²) in [6.45, 7) is 2.41. The maximum Gasteiger partial charge on any atom is 0.261 e. The molecule has 0 amide bonds. The van der Waals surface area contributed by atoms with Crippen molar-refractivity contribution in [2.24, 2.45) is 0 Å². The summed E-state index contributed by atoms with van der Waals surface area (Å²) in [5.74, 6) is 0.366. The van der Waals surface area contributed by atoms with Crippen LogP contribution >= 0.6 is 23.2 Å². The standard InChI is InChI=1S/C17H12Cl2N4O/c1-10-3-2-4-11(7-10)8-24-17-16-22-20-9-23(16)15-13(19)6-5-12(18)14(15)21-17/h2-7,9H,8H2,1H3. The second kappa shape index (κ2) is 5.92. The number of fused-ring (bicyclic) bond motifs is 3. The average molecular weight is 359 g/mol. The monoisotopic (exact) mass is 358 g/mol. The first kappa shape index (κ1) is 15.2. The van der Waals surface area contributed by atoms with Crippen LogP contribution in [0, 0.1) is 6.92 Å². The molecule has 24 heavy (non-hydrogen) atoms. The van der Waals surface area contributed by atoms with Gasteiger partial charge in [0, 0.05) is 0 Å². The van der Waals surface area contributed by atoms with E-state index in [0.717, 1.165) is 5.56 Å². The highest BCUT2D eigenvalue weighted by Crippen LogP contribution is 2.32. The van der Waals surface area contributed by atoms with E-state index in [-0.39, 0.29) is 0 Å². The average Bonchev–Trinajstić information content (AvgIpc) is 3.05. The maximum atomic E-state index is 6.29. The lowest BCUT2D eigenvalue weighted by Crippen LogP contribution is -2.02. The van der Waals surface area contributed by atoms with Gasteiger partial charge >= 0.3 is 0 Å². The molecule has 120 valence electrons. The molecule has 0 spiro atoms. The van der Waals surface area contributed by atoms with Crippen molar-refractivity contribution in [3.63, 3.8) is 0 Å². The highest BCUT2D eigenvalue weighted by atomic mass is 35.5. The van der Waals surface area contributed by atoms with Gasteiger partial charge in [0.15, 0.2) is 0 Å². The highest BCUT2D eigenvalue weighted by Gasteiger charge is 2.16. The van der Waals surface area contributed by atoms with Gasteiger partial charge in [0.1, 0.15) is 18.5 Å². The molecule has 0 aliphatic heterocycles. The molecular formula is C17H12Cl2N4O. The van der Waals surface area contributed by atoms with Gasteiger partial charge in [-0.15, -0.1) is 10.2 Å². The van der Waals surface area contributed by atoms with Crippen LogP contribution < -0.4 is 4.74 Å². The lowest BCUT2D eigenvalue weighted by atomic mass is 10.1. The second-order valence-electron chi connectivity index (χ2n) is 5.45. The van der Waals surface area contributed by atoms with Crippen LogP contribution in [0.5, 0.6) is 5.88 Å². The van der Waals surface area contributed by atoms with E-state index in [1.165, 1.54) is 5.56 Å². The van der Waals surface area contributed by atoms with Crippen LogP contribution in [0.15, 0.2) is 42.7 Å². The van der Waals surface area contributed by atoms with Crippen LogP contribution in [-0.2, 0) is 6.61 Å². The van der Waals surface area contributed by atoms with Gasteiger partial charge in [-0.05, 0) is 24.6 Å². The first-order chi connectivity index (χ1) is 11.6. The van der Waals surface area contributed by atoms with Gasteiger partial charge in [0.25, 0.3) is 5.88 Å². The van der Waals surface area contributed by atoms with Gasteiger partial charge in [-0.1, -0.05) is 53.0 Å². The number of nitrogens with zero attached hydrogens (tertiary/aromatic N) is 4. The fourth-order valence-corrected chi connectivity index (χ4v) is 3.05. The molecule has 2 heterocycles. The normalized spacial score (nSPS) is 11.3. The van der Waals surface area contributed by atoms with E-state index in [2.05, 4.69) is 21.2 Å². The lowest BCUT2D eigenvalue weighted by Gasteiger charge is -2.10. The van der Waals surface area contributed by atoms with Crippen LogP contribution in [0.3, 0.4) is 0 Å². The first-order valence-electron chi connectivity index (χ1n) is 7.29. The number of aromatic nitrogens is 4. The summed E-state index contributed by atoms with van der Waals surface area (Å²) in [5, 5.41) is 9.05. The Hall–Kier alpha value is -2.37. The van der Waals surface area contributed by atoms with Crippen molar-refractivity contribution >= 4 is 39.9 Å². The van der Waals surface area contributed by atoms with Gasteiger partial charge in [-0.2, -0.15) is 0 Å². The minimum atomic E-state index is 0.366. The molecule has 2 aromatic carbocycles. The van der Waals surface area contributed by atoms with Crippen molar-refractivity contribution in [3.8, 4) is 5.88 Å².